The molecule has 13 heavy (non-hydrogen) atoms. The Kier molecular flexibility index (Phi) is 4.75. The van der Waals surface area contributed by atoms with Crippen molar-refractivity contribution in [3.8, 4) is 0 Å². The zero-order valence-electron chi connectivity index (χ0n) is 7.46. The van der Waals surface area contributed by atoms with Gasteiger partial charge in [0.15, 0.2) is 0 Å². The highest BCUT2D eigenvalue weighted by Gasteiger charge is 1.93. The highest BCUT2D eigenvalue weighted by Crippen LogP contribution is 2.04. The van der Waals surface area contributed by atoms with E-state index in [9.17, 15) is 0 Å². The minimum atomic E-state index is 0.540. The van der Waals surface area contributed by atoms with Gasteiger partial charge < -0.3 is 11.1 Å². The number of nitrogens with two attached hydrogens (primary N) is 1. The molecule has 1 aromatic heterocycles. The molecule has 4 heteroatoms. The van der Waals surface area contributed by atoms with E-state index in [1.54, 1.807) is 12.3 Å². The predicted octanol–water partition coefficient (Wildman–Crippen LogP) is 0.826. The van der Waals surface area contributed by atoms with Crippen LogP contribution in [0.4, 0.5) is 0 Å². The fourth-order valence-corrected chi connectivity index (χ4v) is 1.13. The van der Waals surface area contributed by atoms with Gasteiger partial charge in [0, 0.05) is 19.3 Å². The minimum absolute atomic E-state index is 0.540. The van der Waals surface area contributed by atoms with Crippen molar-refractivity contribution in [1.29, 1.82) is 0 Å². The molecule has 0 radical (unpaired) electrons. The van der Waals surface area contributed by atoms with Crippen molar-refractivity contribution >= 4 is 11.6 Å². The molecule has 0 saturated carbocycles. The second kappa shape index (κ2) is 5.91. The third-order valence-corrected chi connectivity index (χ3v) is 1.92. The van der Waals surface area contributed by atoms with Gasteiger partial charge in [-0.2, -0.15) is 0 Å². The number of aromatic nitrogens is 1. The van der Waals surface area contributed by atoms with Gasteiger partial charge >= 0.3 is 0 Å². The van der Waals surface area contributed by atoms with Gasteiger partial charge in [-0.1, -0.05) is 17.7 Å². The molecule has 72 valence electrons. The molecule has 0 amide bonds. The summed E-state index contributed by atoms with van der Waals surface area (Å²) in [5.74, 6) is 0. The molecule has 1 heterocycles. The lowest BCUT2D eigenvalue weighted by atomic mass is 10.2. The topological polar surface area (TPSA) is 50.9 Å². The smallest absolute Gasteiger partial charge is 0.129 e. The molecule has 1 aromatic rings. The number of hydrogen-bond donors (Lipinski definition) is 2. The fourth-order valence-electron chi connectivity index (χ4n) is 1.01. The van der Waals surface area contributed by atoms with Gasteiger partial charge in [0.25, 0.3) is 0 Å². The van der Waals surface area contributed by atoms with Crippen molar-refractivity contribution in [2.45, 2.75) is 6.42 Å². The summed E-state index contributed by atoms with van der Waals surface area (Å²) in [5.41, 5.74) is 6.52. The largest absolute Gasteiger partial charge is 0.329 e. The summed E-state index contributed by atoms with van der Waals surface area (Å²) in [4.78, 5) is 3.99. The van der Waals surface area contributed by atoms with Crippen LogP contribution < -0.4 is 11.1 Å². The summed E-state index contributed by atoms with van der Waals surface area (Å²) < 4.78 is 0. The molecular weight excluding hydrogens is 186 g/mol. The third kappa shape index (κ3) is 4.22. The number of rotatable bonds is 5. The van der Waals surface area contributed by atoms with E-state index in [4.69, 9.17) is 17.3 Å². The standard InChI is InChI=1S/C9H14ClN3/c10-9-2-1-8(7-13-9)3-5-12-6-4-11/h1-2,7,12H,3-6,11H2. The van der Waals surface area contributed by atoms with Gasteiger partial charge in [0.2, 0.25) is 0 Å². The molecule has 0 spiro atoms. The molecule has 0 aliphatic heterocycles. The lowest BCUT2D eigenvalue weighted by molar-refractivity contribution is 0.688. The lowest BCUT2D eigenvalue weighted by Gasteiger charge is -2.02. The van der Waals surface area contributed by atoms with Crippen molar-refractivity contribution in [2.75, 3.05) is 19.6 Å². The SMILES string of the molecule is NCCNCCc1ccc(Cl)nc1. The van der Waals surface area contributed by atoms with Gasteiger partial charge in [-0.05, 0) is 24.6 Å². The summed E-state index contributed by atoms with van der Waals surface area (Å²) in [7, 11) is 0. The first-order chi connectivity index (χ1) is 6.33. The summed E-state index contributed by atoms with van der Waals surface area (Å²) in [6.07, 6.45) is 2.76. The van der Waals surface area contributed by atoms with Crippen molar-refractivity contribution in [3.63, 3.8) is 0 Å². The first-order valence-corrected chi connectivity index (χ1v) is 4.72. The molecule has 0 fully saturated rings. The Labute approximate surface area is 83.3 Å². The maximum atomic E-state index is 5.65. The Morgan fingerprint density at radius 1 is 1.38 bits per heavy atom. The molecule has 0 aromatic carbocycles. The zero-order chi connectivity index (χ0) is 9.52. The molecule has 0 saturated heterocycles. The average Bonchev–Trinajstić information content (AvgIpc) is 2.15. The number of nitrogens with zero attached hydrogens (tertiary/aromatic N) is 1. The van der Waals surface area contributed by atoms with Gasteiger partial charge in [0.1, 0.15) is 5.15 Å². The van der Waals surface area contributed by atoms with Gasteiger partial charge in [-0.25, -0.2) is 4.98 Å². The Morgan fingerprint density at radius 3 is 2.85 bits per heavy atom. The highest BCUT2D eigenvalue weighted by molar-refractivity contribution is 6.29. The Balaban J connectivity index is 2.25. The molecule has 0 atom stereocenters. The molecular formula is C9H14ClN3. The normalized spacial score (nSPS) is 10.3. The molecule has 0 bridgehead atoms. The molecule has 0 aliphatic carbocycles. The van der Waals surface area contributed by atoms with Crippen LogP contribution in [0, 0.1) is 0 Å². The van der Waals surface area contributed by atoms with E-state index in [0.29, 0.717) is 11.7 Å². The van der Waals surface area contributed by atoms with E-state index < -0.39 is 0 Å². The molecule has 0 unspecified atom stereocenters. The van der Waals surface area contributed by atoms with Crippen molar-refractivity contribution in [1.82, 2.24) is 10.3 Å². The average molecular weight is 200 g/mol. The first kappa shape index (κ1) is 10.4. The highest BCUT2D eigenvalue weighted by atomic mass is 35.5. The van der Waals surface area contributed by atoms with Crippen LogP contribution in [0.5, 0.6) is 0 Å². The van der Waals surface area contributed by atoms with Gasteiger partial charge in [0.05, 0.1) is 0 Å². The van der Waals surface area contributed by atoms with E-state index in [1.807, 2.05) is 6.07 Å². The second-order valence-electron chi connectivity index (χ2n) is 2.78. The number of pyridine rings is 1. The van der Waals surface area contributed by atoms with Crippen LogP contribution in [0.1, 0.15) is 5.56 Å². The number of halogens is 1. The molecule has 1 rings (SSSR count). The van der Waals surface area contributed by atoms with E-state index in [-0.39, 0.29) is 0 Å². The molecule has 3 N–H and O–H groups in total. The van der Waals surface area contributed by atoms with E-state index >= 15 is 0 Å². The maximum Gasteiger partial charge on any atom is 0.129 e. The van der Waals surface area contributed by atoms with Crippen LogP contribution in [-0.2, 0) is 6.42 Å². The van der Waals surface area contributed by atoms with E-state index in [1.165, 1.54) is 5.56 Å². The summed E-state index contributed by atoms with van der Waals surface area (Å²) in [5, 5.41) is 3.75. The summed E-state index contributed by atoms with van der Waals surface area (Å²) >= 11 is 5.65. The lowest BCUT2D eigenvalue weighted by Crippen LogP contribution is -2.24. The van der Waals surface area contributed by atoms with Crippen LogP contribution in [0.15, 0.2) is 18.3 Å². The summed E-state index contributed by atoms with van der Waals surface area (Å²) in [6.45, 7) is 2.47. The van der Waals surface area contributed by atoms with Gasteiger partial charge in [-0.3, -0.25) is 0 Å². The van der Waals surface area contributed by atoms with Crippen LogP contribution in [-0.4, -0.2) is 24.6 Å². The van der Waals surface area contributed by atoms with E-state index in [0.717, 1.165) is 19.5 Å². The van der Waals surface area contributed by atoms with Crippen molar-refractivity contribution in [3.05, 3.63) is 29.0 Å². The minimum Gasteiger partial charge on any atom is -0.329 e. The predicted molar refractivity (Wildman–Crippen MR) is 54.9 cm³/mol. The number of nitrogens with one attached hydrogen (secondary N) is 1. The molecule has 0 aliphatic rings. The number of hydrogen-bond acceptors (Lipinski definition) is 3. The zero-order valence-corrected chi connectivity index (χ0v) is 8.22. The Hall–Kier alpha value is -0.640. The quantitative estimate of drug-likeness (QED) is 0.546. The van der Waals surface area contributed by atoms with Crippen LogP contribution in [0.2, 0.25) is 5.15 Å². The third-order valence-electron chi connectivity index (χ3n) is 1.70. The molecule has 3 nitrogen and oxygen atoms in total. The van der Waals surface area contributed by atoms with Crippen LogP contribution in [0.25, 0.3) is 0 Å². The maximum absolute atomic E-state index is 5.65. The Bertz CT molecular complexity index is 235. The van der Waals surface area contributed by atoms with E-state index in [2.05, 4.69) is 10.3 Å². The van der Waals surface area contributed by atoms with Crippen molar-refractivity contribution in [2.24, 2.45) is 5.73 Å². The van der Waals surface area contributed by atoms with Crippen LogP contribution in [0.3, 0.4) is 0 Å². The van der Waals surface area contributed by atoms with Crippen LogP contribution >= 0.6 is 11.6 Å². The first-order valence-electron chi connectivity index (χ1n) is 4.34. The van der Waals surface area contributed by atoms with Gasteiger partial charge in [-0.15, -0.1) is 0 Å². The summed E-state index contributed by atoms with van der Waals surface area (Å²) in [6, 6.07) is 3.79. The second-order valence-corrected chi connectivity index (χ2v) is 3.17. The fraction of sp³-hybridized carbons (Fsp3) is 0.444. The van der Waals surface area contributed by atoms with Crippen molar-refractivity contribution < 1.29 is 0 Å². The Morgan fingerprint density at radius 2 is 2.23 bits per heavy atom. The monoisotopic (exact) mass is 199 g/mol.